The van der Waals surface area contributed by atoms with E-state index in [4.69, 9.17) is 15.0 Å². The van der Waals surface area contributed by atoms with Crippen molar-refractivity contribution in [2.75, 3.05) is 0 Å². The molecule has 0 aromatic carbocycles. The van der Waals surface area contributed by atoms with Crippen LogP contribution in [0.5, 0.6) is 0 Å². The van der Waals surface area contributed by atoms with Crippen LogP contribution in [-0.4, -0.2) is 24.8 Å². The Labute approximate surface area is 110 Å². The zero-order valence-electron chi connectivity index (χ0n) is 11.1. The van der Waals surface area contributed by atoms with Gasteiger partial charge in [0.1, 0.15) is 0 Å². The van der Waals surface area contributed by atoms with E-state index >= 15 is 0 Å². The monoisotopic (exact) mass is 259 g/mol. The quantitative estimate of drug-likeness (QED) is 0.733. The summed E-state index contributed by atoms with van der Waals surface area (Å²) in [7, 11) is -0.204. The Hall–Kier alpha value is 0.235. The van der Waals surface area contributed by atoms with Gasteiger partial charge < -0.3 is 15.0 Å². The molecule has 17 heavy (non-hydrogen) atoms. The highest BCUT2D eigenvalue weighted by atomic mass is 35.5. The predicted molar refractivity (Wildman–Crippen MR) is 71.0 cm³/mol. The van der Waals surface area contributed by atoms with Crippen LogP contribution in [0.1, 0.15) is 40.5 Å². The van der Waals surface area contributed by atoms with Crippen LogP contribution in [0.3, 0.4) is 0 Å². The van der Waals surface area contributed by atoms with E-state index in [-0.39, 0.29) is 37.2 Å². The van der Waals surface area contributed by atoms with Crippen molar-refractivity contribution in [3.8, 4) is 0 Å². The Bertz CT molecular complexity index is 326. The molecule has 4 aliphatic rings. The fraction of sp³-hybridized carbons (Fsp3) is 1.00. The summed E-state index contributed by atoms with van der Waals surface area (Å²) in [5.74, 6) is 1.40. The molecule has 1 saturated heterocycles. The lowest BCUT2D eigenvalue weighted by molar-refractivity contribution is -0.199. The van der Waals surface area contributed by atoms with Crippen LogP contribution in [0.25, 0.3) is 0 Å². The van der Waals surface area contributed by atoms with E-state index in [0.29, 0.717) is 11.3 Å². The minimum absolute atomic E-state index is 0. The summed E-state index contributed by atoms with van der Waals surface area (Å²) in [5, 5.41) is 0. The zero-order chi connectivity index (χ0) is 11.7. The Balaban J connectivity index is 0.00000108. The molecule has 3 saturated carbocycles. The van der Waals surface area contributed by atoms with Gasteiger partial charge in [-0.3, -0.25) is 0 Å². The van der Waals surface area contributed by atoms with Gasteiger partial charge in [-0.1, -0.05) is 20.8 Å². The van der Waals surface area contributed by atoms with E-state index in [0.717, 1.165) is 12.3 Å². The molecular formula is C12H23BClNO2. The van der Waals surface area contributed by atoms with E-state index in [1.165, 1.54) is 6.42 Å². The van der Waals surface area contributed by atoms with Gasteiger partial charge in [-0.2, -0.15) is 0 Å². The number of halogens is 1. The first kappa shape index (κ1) is 13.7. The molecule has 2 N–H and O–H groups in total. The van der Waals surface area contributed by atoms with Crippen LogP contribution < -0.4 is 5.73 Å². The van der Waals surface area contributed by atoms with Crippen molar-refractivity contribution in [1.29, 1.82) is 0 Å². The molecular weight excluding hydrogens is 236 g/mol. The molecule has 4 rings (SSSR count). The summed E-state index contributed by atoms with van der Waals surface area (Å²) in [5.41, 5.74) is 6.20. The van der Waals surface area contributed by atoms with Crippen LogP contribution in [0.4, 0.5) is 0 Å². The summed E-state index contributed by atoms with van der Waals surface area (Å²) >= 11 is 0. The fourth-order valence-electron chi connectivity index (χ4n) is 4.13. The molecule has 2 bridgehead atoms. The van der Waals surface area contributed by atoms with E-state index < -0.39 is 0 Å². The summed E-state index contributed by atoms with van der Waals surface area (Å²) in [4.78, 5) is 0. The Morgan fingerprint density at radius 3 is 2.47 bits per heavy atom. The molecule has 1 aliphatic heterocycles. The second kappa shape index (κ2) is 3.86. The van der Waals surface area contributed by atoms with Crippen molar-refractivity contribution >= 4 is 19.5 Å². The molecule has 98 valence electrons. The van der Waals surface area contributed by atoms with E-state index in [1.54, 1.807) is 0 Å². The summed E-state index contributed by atoms with van der Waals surface area (Å²) in [6, 6.07) is 0. The van der Waals surface area contributed by atoms with Crippen molar-refractivity contribution in [3.05, 3.63) is 0 Å². The maximum absolute atomic E-state index is 6.15. The van der Waals surface area contributed by atoms with Crippen LogP contribution in [0.15, 0.2) is 0 Å². The number of hydrogen-bond acceptors (Lipinski definition) is 3. The van der Waals surface area contributed by atoms with E-state index in [2.05, 4.69) is 20.8 Å². The Kier molecular flexibility index (Phi) is 3.10. The molecule has 1 heterocycles. The molecule has 0 unspecified atom stereocenters. The predicted octanol–water partition coefficient (Wildman–Crippen LogP) is 2.02. The molecule has 0 aromatic rings. The lowest BCUT2D eigenvalue weighted by Crippen LogP contribution is -2.65. The van der Waals surface area contributed by atoms with Gasteiger partial charge in [-0.25, -0.2) is 0 Å². The third-order valence-corrected chi connectivity index (χ3v) is 5.40. The van der Waals surface area contributed by atoms with Gasteiger partial charge in [0.05, 0.1) is 11.7 Å². The maximum atomic E-state index is 6.15. The third kappa shape index (κ3) is 1.61. The van der Waals surface area contributed by atoms with Gasteiger partial charge in [0.15, 0.2) is 0 Å². The molecule has 3 aliphatic carbocycles. The second-order valence-corrected chi connectivity index (χ2v) is 6.70. The fourth-order valence-corrected chi connectivity index (χ4v) is 4.13. The minimum Gasteiger partial charge on any atom is -0.404 e. The van der Waals surface area contributed by atoms with Gasteiger partial charge in [0, 0.05) is 5.94 Å². The van der Waals surface area contributed by atoms with Crippen LogP contribution in [0, 0.1) is 17.3 Å². The Morgan fingerprint density at radius 1 is 1.29 bits per heavy atom. The van der Waals surface area contributed by atoms with E-state index in [9.17, 15) is 0 Å². The highest BCUT2D eigenvalue weighted by molar-refractivity contribution is 6.47. The first-order valence-electron chi connectivity index (χ1n) is 6.44. The van der Waals surface area contributed by atoms with Gasteiger partial charge in [0.25, 0.3) is 0 Å². The van der Waals surface area contributed by atoms with Crippen LogP contribution >= 0.6 is 12.4 Å². The molecule has 5 atom stereocenters. The van der Waals surface area contributed by atoms with Crippen molar-refractivity contribution in [1.82, 2.24) is 0 Å². The van der Waals surface area contributed by atoms with Crippen molar-refractivity contribution < 1.29 is 9.31 Å². The Morgan fingerprint density at radius 2 is 1.94 bits per heavy atom. The molecule has 0 spiro atoms. The molecule has 0 amide bonds. The summed E-state index contributed by atoms with van der Waals surface area (Å²) < 4.78 is 12.1. The van der Waals surface area contributed by atoms with Crippen LogP contribution in [-0.2, 0) is 9.31 Å². The molecule has 4 fully saturated rings. The van der Waals surface area contributed by atoms with Crippen molar-refractivity contribution in [2.24, 2.45) is 23.0 Å². The number of hydrogen-bond donors (Lipinski definition) is 1. The topological polar surface area (TPSA) is 44.5 Å². The maximum Gasteiger partial charge on any atom is 0.475 e. The van der Waals surface area contributed by atoms with Gasteiger partial charge in [0.2, 0.25) is 0 Å². The standard InChI is InChI=1S/C12H22BNO2.ClH/c1-7(14)13-15-10-6-8-5-9(11(8,2)3)12(10,4)16-13;/h7-10H,5-6,14H2,1-4H3;1H/t7-,8-,9-,10+,12-;/m0./s1. The summed E-state index contributed by atoms with van der Waals surface area (Å²) in [6.45, 7) is 8.93. The van der Waals surface area contributed by atoms with Crippen molar-refractivity contribution in [3.63, 3.8) is 0 Å². The van der Waals surface area contributed by atoms with Crippen LogP contribution in [0.2, 0.25) is 0 Å². The highest BCUT2D eigenvalue weighted by Crippen LogP contribution is 2.65. The smallest absolute Gasteiger partial charge is 0.404 e. The zero-order valence-corrected chi connectivity index (χ0v) is 11.9. The first-order chi connectivity index (χ1) is 7.35. The average Bonchev–Trinajstić information content (AvgIpc) is 2.54. The van der Waals surface area contributed by atoms with Gasteiger partial charge in [-0.05, 0) is 37.0 Å². The summed E-state index contributed by atoms with van der Waals surface area (Å²) in [6.07, 6.45) is 2.71. The van der Waals surface area contributed by atoms with E-state index in [1.807, 2.05) is 6.92 Å². The third-order valence-electron chi connectivity index (χ3n) is 5.40. The molecule has 3 nitrogen and oxygen atoms in total. The lowest BCUT2D eigenvalue weighted by atomic mass is 9.43. The second-order valence-electron chi connectivity index (χ2n) is 6.70. The van der Waals surface area contributed by atoms with Crippen molar-refractivity contribution in [2.45, 2.75) is 58.2 Å². The lowest BCUT2D eigenvalue weighted by Gasteiger charge is -2.64. The first-order valence-corrected chi connectivity index (χ1v) is 6.44. The largest absolute Gasteiger partial charge is 0.475 e. The minimum atomic E-state index is -0.204. The van der Waals surface area contributed by atoms with Gasteiger partial charge >= 0.3 is 7.12 Å². The highest BCUT2D eigenvalue weighted by Gasteiger charge is 2.68. The average molecular weight is 260 g/mol. The van der Waals surface area contributed by atoms with Gasteiger partial charge in [-0.15, -0.1) is 12.4 Å². The molecule has 0 radical (unpaired) electrons. The molecule has 5 heteroatoms. The number of rotatable bonds is 1. The SMILES string of the molecule is C[C@H](N)B1O[C@@H]2C[C@@H]3C[C@@H](C3(C)C)[C@]2(C)O1.Cl. The number of nitrogens with two attached hydrogens (primary N) is 1. The molecule has 0 aromatic heterocycles. The normalized spacial score (nSPS) is 47.8.